The number of rotatable bonds is 4. The van der Waals surface area contributed by atoms with Crippen molar-refractivity contribution in [1.29, 1.82) is 0 Å². The summed E-state index contributed by atoms with van der Waals surface area (Å²) >= 11 is 0. The van der Waals surface area contributed by atoms with Crippen LogP contribution in [0.3, 0.4) is 0 Å². The van der Waals surface area contributed by atoms with Gasteiger partial charge in [0.2, 0.25) is 5.82 Å². The average Bonchev–Trinajstić information content (AvgIpc) is 3.30. The van der Waals surface area contributed by atoms with Crippen LogP contribution >= 0.6 is 0 Å². The van der Waals surface area contributed by atoms with Gasteiger partial charge in [0.15, 0.2) is 12.5 Å². The van der Waals surface area contributed by atoms with Gasteiger partial charge in [-0.3, -0.25) is 4.79 Å². The standard InChI is InChI=1S/C15H16N4O5/c16-12(21)13-17-7-19(18-13)14-11-10(9(6-20)22-14)23-15(24-11)8-4-2-1-3-5-8/h1-5,7,9-11,14-15,20H,6H2,(H2,16,21)/t9-,10?,11-,14-,15?/m0/s1. The van der Waals surface area contributed by atoms with Gasteiger partial charge in [0, 0.05) is 5.56 Å². The van der Waals surface area contributed by atoms with Gasteiger partial charge in [-0.05, 0) is 0 Å². The molecule has 24 heavy (non-hydrogen) atoms. The van der Waals surface area contributed by atoms with E-state index < -0.39 is 36.7 Å². The predicted molar refractivity (Wildman–Crippen MR) is 78.5 cm³/mol. The minimum atomic E-state index is -0.729. The second-order valence-corrected chi connectivity index (χ2v) is 5.60. The Bertz CT molecular complexity index is 736. The normalized spacial score (nSPS) is 32.0. The van der Waals surface area contributed by atoms with Crippen molar-refractivity contribution in [2.75, 3.05) is 6.61 Å². The van der Waals surface area contributed by atoms with Gasteiger partial charge >= 0.3 is 0 Å². The molecule has 3 heterocycles. The average molecular weight is 332 g/mol. The maximum absolute atomic E-state index is 11.2. The molecule has 2 fully saturated rings. The van der Waals surface area contributed by atoms with Crippen molar-refractivity contribution in [2.24, 2.45) is 5.73 Å². The van der Waals surface area contributed by atoms with Gasteiger partial charge < -0.3 is 25.1 Å². The molecule has 0 radical (unpaired) electrons. The third-order valence-electron chi connectivity index (χ3n) is 4.09. The number of nitrogens with two attached hydrogens (primary N) is 1. The number of fused-ring (bicyclic) bond motifs is 1. The van der Waals surface area contributed by atoms with Crippen molar-refractivity contribution in [2.45, 2.75) is 30.8 Å². The Hall–Kier alpha value is -2.33. The van der Waals surface area contributed by atoms with E-state index in [4.69, 9.17) is 19.9 Å². The Morgan fingerprint density at radius 1 is 1.21 bits per heavy atom. The summed E-state index contributed by atoms with van der Waals surface area (Å²) in [7, 11) is 0. The van der Waals surface area contributed by atoms with Crippen molar-refractivity contribution < 1.29 is 24.1 Å². The van der Waals surface area contributed by atoms with Gasteiger partial charge in [0.1, 0.15) is 24.6 Å². The number of aliphatic hydroxyl groups excluding tert-OH is 1. The molecular formula is C15H16N4O5. The number of benzene rings is 1. The van der Waals surface area contributed by atoms with Gasteiger partial charge in [-0.15, -0.1) is 5.10 Å². The number of hydrogen-bond donors (Lipinski definition) is 2. The van der Waals surface area contributed by atoms with E-state index in [9.17, 15) is 9.90 Å². The second-order valence-electron chi connectivity index (χ2n) is 5.60. The van der Waals surface area contributed by atoms with Crippen LogP contribution in [-0.4, -0.2) is 50.7 Å². The first-order valence-electron chi connectivity index (χ1n) is 7.50. The van der Waals surface area contributed by atoms with Crippen LogP contribution in [0.5, 0.6) is 0 Å². The van der Waals surface area contributed by atoms with E-state index in [0.29, 0.717) is 0 Å². The smallest absolute Gasteiger partial charge is 0.288 e. The van der Waals surface area contributed by atoms with Crippen molar-refractivity contribution in [1.82, 2.24) is 14.8 Å². The molecule has 2 saturated heterocycles. The van der Waals surface area contributed by atoms with Crippen LogP contribution in [0.2, 0.25) is 0 Å². The summed E-state index contributed by atoms with van der Waals surface area (Å²) < 4.78 is 19.0. The van der Waals surface area contributed by atoms with E-state index in [1.165, 1.54) is 11.0 Å². The van der Waals surface area contributed by atoms with Crippen molar-refractivity contribution in [3.05, 3.63) is 48.0 Å². The maximum Gasteiger partial charge on any atom is 0.288 e. The Morgan fingerprint density at radius 2 is 1.96 bits per heavy atom. The summed E-state index contributed by atoms with van der Waals surface area (Å²) in [6.07, 6.45) is -1.38. The Kier molecular flexibility index (Phi) is 3.77. The third kappa shape index (κ3) is 2.47. The molecular weight excluding hydrogens is 316 g/mol. The highest BCUT2D eigenvalue weighted by Crippen LogP contribution is 2.43. The molecule has 9 heteroatoms. The summed E-state index contributed by atoms with van der Waals surface area (Å²) in [6, 6.07) is 9.49. The monoisotopic (exact) mass is 332 g/mol. The summed E-state index contributed by atoms with van der Waals surface area (Å²) in [4.78, 5) is 15.0. The lowest BCUT2D eigenvalue weighted by atomic mass is 10.1. The number of hydrogen-bond acceptors (Lipinski definition) is 7. The zero-order valence-corrected chi connectivity index (χ0v) is 12.6. The van der Waals surface area contributed by atoms with Crippen molar-refractivity contribution in [3.8, 4) is 0 Å². The highest BCUT2D eigenvalue weighted by Gasteiger charge is 2.53. The number of amides is 1. The zero-order valence-electron chi connectivity index (χ0n) is 12.6. The first-order valence-corrected chi connectivity index (χ1v) is 7.50. The first kappa shape index (κ1) is 15.2. The van der Waals surface area contributed by atoms with E-state index in [0.717, 1.165) is 5.56 Å². The summed E-state index contributed by atoms with van der Waals surface area (Å²) in [6.45, 7) is -0.222. The molecule has 126 valence electrons. The number of primary amides is 1. The van der Waals surface area contributed by atoms with Gasteiger partial charge in [-0.1, -0.05) is 30.3 Å². The molecule has 5 atom stereocenters. The van der Waals surface area contributed by atoms with E-state index in [2.05, 4.69) is 10.1 Å². The molecule has 9 nitrogen and oxygen atoms in total. The molecule has 0 saturated carbocycles. The predicted octanol–water partition coefficient (Wildman–Crippen LogP) is -0.251. The molecule has 2 aliphatic heterocycles. The van der Waals surface area contributed by atoms with Crippen LogP contribution in [0.4, 0.5) is 0 Å². The largest absolute Gasteiger partial charge is 0.394 e. The molecule has 0 aliphatic carbocycles. The highest BCUT2D eigenvalue weighted by molar-refractivity contribution is 5.88. The van der Waals surface area contributed by atoms with Crippen molar-refractivity contribution >= 4 is 5.91 Å². The molecule has 3 N–H and O–H groups in total. The molecule has 0 spiro atoms. The molecule has 4 rings (SSSR count). The lowest BCUT2D eigenvalue weighted by Crippen LogP contribution is -2.30. The SMILES string of the molecule is NC(=O)c1ncn([C@H]2O[C@@H](CO)C3OC(c4ccccc4)O[C@@H]32)n1. The fourth-order valence-electron chi connectivity index (χ4n) is 2.97. The number of carbonyl (C=O) groups is 1. The molecule has 1 amide bonds. The van der Waals surface area contributed by atoms with Gasteiger partial charge in [-0.25, -0.2) is 9.67 Å². The maximum atomic E-state index is 11.2. The third-order valence-corrected chi connectivity index (χ3v) is 4.09. The number of carbonyl (C=O) groups excluding carboxylic acids is 1. The van der Waals surface area contributed by atoms with Crippen LogP contribution in [-0.2, 0) is 14.2 Å². The van der Waals surface area contributed by atoms with Crippen LogP contribution in [0.15, 0.2) is 36.7 Å². The lowest BCUT2D eigenvalue weighted by molar-refractivity contribution is -0.156. The second kappa shape index (κ2) is 5.95. The number of aromatic nitrogens is 3. The molecule has 2 aliphatic rings. The molecule has 0 bridgehead atoms. The first-order chi connectivity index (χ1) is 11.7. The molecule has 2 aromatic rings. The number of nitrogens with zero attached hydrogens (tertiary/aromatic N) is 3. The van der Waals surface area contributed by atoms with E-state index >= 15 is 0 Å². The number of ether oxygens (including phenoxy) is 3. The fraction of sp³-hybridized carbons (Fsp3) is 0.400. The van der Waals surface area contributed by atoms with Crippen molar-refractivity contribution in [3.63, 3.8) is 0 Å². The summed E-state index contributed by atoms with van der Waals surface area (Å²) in [5.74, 6) is -0.839. The zero-order chi connectivity index (χ0) is 16.7. The summed E-state index contributed by atoms with van der Waals surface area (Å²) in [5.41, 5.74) is 6.04. The van der Waals surface area contributed by atoms with Gasteiger partial charge in [-0.2, -0.15) is 0 Å². The topological polar surface area (TPSA) is 122 Å². The lowest BCUT2D eigenvalue weighted by Gasteiger charge is -2.19. The van der Waals surface area contributed by atoms with E-state index in [1.54, 1.807) is 0 Å². The minimum Gasteiger partial charge on any atom is -0.394 e. The quantitative estimate of drug-likeness (QED) is 0.791. The highest BCUT2D eigenvalue weighted by atomic mass is 16.8. The van der Waals surface area contributed by atoms with Crippen LogP contribution in [0.1, 0.15) is 28.7 Å². The van der Waals surface area contributed by atoms with E-state index in [1.807, 2.05) is 30.3 Å². The Labute approximate surface area is 136 Å². The van der Waals surface area contributed by atoms with E-state index in [-0.39, 0.29) is 12.4 Å². The minimum absolute atomic E-state index is 0.110. The Balaban J connectivity index is 1.59. The molecule has 1 aromatic heterocycles. The summed E-state index contributed by atoms with van der Waals surface area (Å²) in [5, 5.41) is 13.6. The number of aliphatic hydroxyl groups is 1. The molecule has 2 unspecified atom stereocenters. The Morgan fingerprint density at radius 3 is 2.62 bits per heavy atom. The van der Waals surface area contributed by atoms with Crippen LogP contribution < -0.4 is 5.73 Å². The fourth-order valence-corrected chi connectivity index (χ4v) is 2.97. The van der Waals surface area contributed by atoms with Gasteiger partial charge in [0.05, 0.1) is 6.61 Å². The van der Waals surface area contributed by atoms with Crippen LogP contribution in [0, 0.1) is 0 Å². The van der Waals surface area contributed by atoms with Gasteiger partial charge in [0.25, 0.3) is 5.91 Å². The molecule has 1 aromatic carbocycles. The van der Waals surface area contributed by atoms with Crippen LogP contribution in [0.25, 0.3) is 0 Å².